The Morgan fingerprint density at radius 1 is 1.11 bits per heavy atom. The van der Waals surface area contributed by atoms with Crippen LogP contribution in [0.1, 0.15) is 36.7 Å². The summed E-state index contributed by atoms with van der Waals surface area (Å²) < 4.78 is 28.2. The van der Waals surface area contributed by atoms with Crippen molar-refractivity contribution < 1.29 is 18.3 Å². The largest absolute Gasteiger partial charge is 0.395 e. The molecule has 2 aromatic carbocycles. The van der Waals surface area contributed by atoms with Gasteiger partial charge in [-0.2, -0.15) is 4.31 Å². The van der Waals surface area contributed by atoms with E-state index in [0.717, 1.165) is 11.1 Å². The predicted octanol–water partition coefficient (Wildman–Crippen LogP) is 3.32. The maximum Gasteiger partial charge on any atom is 0.249 e. The van der Waals surface area contributed by atoms with Crippen LogP contribution in [0.25, 0.3) is 0 Å². The van der Waals surface area contributed by atoms with Crippen molar-refractivity contribution >= 4 is 27.7 Å². The minimum absolute atomic E-state index is 0.0526. The number of aliphatic hydroxyl groups is 1. The van der Waals surface area contributed by atoms with E-state index < -0.39 is 26.9 Å². The number of thioether (sulfide) groups is 1. The average molecular weight is 512 g/mol. The van der Waals surface area contributed by atoms with Crippen molar-refractivity contribution in [2.24, 2.45) is 0 Å². The van der Waals surface area contributed by atoms with E-state index in [1.807, 2.05) is 62.4 Å². The first-order valence-corrected chi connectivity index (χ1v) is 13.8. The number of carbonyl (C=O) groups is 1. The van der Waals surface area contributed by atoms with Crippen molar-refractivity contribution in [2.75, 3.05) is 18.9 Å². The molecule has 1 aliphatic rings. The van der Waals surface area contributed by atoms with Crippen molar-refractivity contribution in [2.45, 2.75) is 35.6 Å². The molecule has 7 nitrogen and oxygen atoms in total. The molecule has 0 bridgehead atoms. The first-order chi connectivity index (χ1) is 16.7. The molecule has 35 heavy (non-hydrogen) atoms. The maximum absolute atomic E-state index is 13.5. The summed E-state index contributed by atoms with van der Waals surface area (Å²) in [6.45, 7) is 3.97. The minimum atomic E-state index is -3.89. The molecule has 1 aliphatic heterocycles. The second-order valence-corrected chi connectivity index (χ2v) is 12.1. The molecule has 2 N–H and O–H groups in total. The summed E-state index contributed by atoms with van der Waals surface area (Å²) >= 11 is 1.30. The van der Waals surface area contributed by atoms with E-state index >= 15 is 0 Å². The van der Waals surface area contributed by atoms with Gasteiger partial charge in [-0.3, -0.25) is 9.78 Å². The van der Waals surface area contributed by atoms with Crippen molar-refractivity contribution in [3.05, 3.63) is 95.8 Å². The molecule has 0 radical (unpaired) electrons. The SMILES string of the molecule is CC(C)(CO)c1ccc(S(=O)(=O)N2CCSC2C(=O)NC(c2ccccc2)c2ccccn2)cc1. The quantitative estimate of drug-likeness (QED) is 0.481. The van der Waals surface area contributed by atoms with E-state index in [4.69, 9.17) is 0 Å². The smallest absolute Gasteiger partial charge is 0.249 e. The number of benzene rings is 2. The number of hydrogen-bond donors (Lipinski definition) is 2. The molecule has 2 unspecified atom stereocenters. The van der Waals surface area contributed by atoms with Crippen molar-refractivity contribution in [1.82, 2.24) is 14.6 Å². The topological polar surface area (TPSA) is 99.6 Å². The number of amides is 1. The highest BCUT2D eigenvalue weighted by atomic mass is 32.2. The number of rotatable bonds is 8. The maximum atomic E-state index is 13.5. The van der Waals surface area contributed by atoms with Crippen LogP contribution < -0.4 is 5.32 Å². The van der Waals surface area contributed by atoms with Gasteiger partial charge in [0, 0.05) is 23.9 Å². The Hall–Kier alpha value is -2.72. The summed E-state index contributed by atoms with van der Waals surface area (Å²) in [5.41, 5.74) is 1.89. The van der Waals surface area contributed by atoms with Gasteiger partial charge in [-0.05, 0) is 35.4 Å². The van der Waals surface area contributed by atoms with Crippen LogP contribution >= 0.6 is 11.8 Å². The van der Waals surface area contributed by atoms with Crippen LogP contribution in [0, 0.1) is 0 Å². The molecule has 2 heterocycles. The van der Waals surface area contributed by atoms with Crippen molar-refractivity contribution in [3.8, 4) is 0 Å². The molecule has 0 saturated carbocycles. The lowest BCUT2D eigenvalue weighted by molar-refractivity contribution is -0.122. The number of nitrogens with one attached hydrogen (secondary N) is 1. The fourth-order valence-electron chi connectivity index (χ4n) is 3.95. The molecule has 1 aromatic heterocycles. The number of carbonyl (C=O) groups excluding carboxylic acids is 1. The molecular weight excluding hydrogens is 482 g/mol. The van der Waals surface area contributed by atoms with E-state index in [-0.39, 0.29) is 24.0 Å². The van der Waals surface area contributed by atoms with Crippen LogP contribution in [0.2, 0.25) is 0 Å². The van der Waals surface area contributed by atoms with E-state index in [2.05, 4.69) is 10.3 Å². The molecule has 1 fully saturated rings. The second-order valence-electron chi connectivity index (χ2n) is 9.01. The first kappa shape index (κ1) is 25.4. The molecule has 1 saturated heterocycles. The molecule has 3 aromatic rings. The van der Waals surface area contributed by atoms with E-state index in [1.165, 1.54) is 16.1 Å². The Bertz CT molecular complexity index is 1210. The van der Waals surface area contributed by atoms with E-state index in [9.17, 15) is 18.3 Å². The zero-order valence-electron chi connectivity index (χ0n) is 19.7. The summed E-state index contributed by atoms with van der Waals surface area (Å²) in [7, 11) is -3.89. The third kappa shape index (κ3) is 5.43. The molecule has 2 atom stereocenters. The van der Waals surface area contributed by atoms with Crippen LogP contribution in [-0.2, 0) is 20.2 Å². The third-order valence-corrected chi connectivity index (χ3v) is 9.33. The van der Waals surface area contributed by atoms with Gasteiger partial charge in [0.2, 0.25) is 15.9 Å². The standard InChI is InChI=1S/C26H29N3O4S2/c1-26(2,18-30)20-11-13-21(14-12-20)35(32,33)29-16-17-34-25(29)24(31)28-23(19-8-4-3-5-9-19)22-10-6-7-15-27-22/h3-15,23,25,30H,16-18H2,1-2H3,(H,28,31). The van der Waals surface area contributed by atoms with Gasteiger partial charge in [0.15, 0.2) is 0 Å². The fourth-order valence-corrected chi connectivity index (χ4v) is 7.03. The molecule has 4 rings (SSSR count). The van der Waals surface area contributed by atoms with Gasteiger partial charge in [-0.1, -0.05) is 62.4 Å². The lowest BCUT2D eigenvalue weighted by Crippen LogP contribution is -2.46. The summed E-state index contributed by atoms with van der Waals surface area (Å²) in [4.78, 5) is 18.0. The van der Waals surface area contributed by atoms with Gasteiger partial charge in [-0.25, -0.2) is 8.42 Å². The molecule has 9 heteroatoms. The minimum Gasteiger partial charge on any atom is -0.395 e. The Labute approximate surface area is 210 Å². The molecule has 184 valence electrons. The summed E-state index contributed by atoms with van der Waals surface area (Å²) in [6.07, 6.45) is 1.67. The highest BCUT2D eigenvalue weighted by Gasteiger charge is 2.41. The monoisotopic (exact) mass is 511 g/mol. The van der Waals surface area contributed by atoms with Crippen LogP contribution in [0.4, 0.5) is 0 Å². The van der Waals surface area contributed by atoms with Crippen LogP contribution in [0.5, 0.6) is 0 Å². The Kier molecular flexibility index (Phi) is 7.61. The highest BCUT2D eigenvalue weighted by molar-refractivity contribution is 8.02. The molecule has 0 aliphatic carbocycles. The van der Waals surface area contributed by atoms with Crippen LogP contribution in [0.3, 0.4) is 0 Å². The van der Waals surface area contributed by atoms with Gasteiger partial charge in [0.1, 0.15) is 5.37 Å². The molecular formula is C26H29N3O4S2. The van der Waals surface area contributed by atoms with E-state index in [1.54, 1.807) is 30.5 Å². The number of sulfonamides is 1. The number of nitrogens with zero attached hydrogens (tertiary/aromatic N) is 2. The Balaban J connectivity index is 1.58. The fraction of sp³-hybridized carbons (Fsp3) is 0.308. The van der Waals surface area contributed by atoms with Gasteiger partial charge >= 0.3 is 0 Å². The van der Waals surface area contributed by atoms with Crippen molar-refractivity contribution in [3.63, 3.8) is 0 Å². The predicted molar refractivity (Wildman–Crippen MR) is 137 cm³/mol. The van der Waals surface area contributed by atoms with Crippen LogP contribution in [-0.4, -0.2) is 53.0 Å². The first-order valence-electron chi connectivity index (χ1n) is 11.3. The lowest BCUT2D eigenvalue weighted by atomic mass is 9.86. The lowest BCUT2D eigenvalue weighted by Gasteiger charge is -2.26. The number of pyridine rings is 1. The number of aliphatic hydroxyl groups excluding tert-OH is 1. The van der Waals surface area contributed by atoms with Crippen molar-refractivity contribution in [1.29, 1.82) is 0 Å². The van der Waals surface area contributed by atoms with Crippen LogP contribution in [0.15, 0.2) is 83.9 Å². The number of aromatic nitrogens is 1. The van der Waals surface area contributed by atoms with Gasteiger partial charge in [0.25, 0.3) is 0 Å². The average Bonchev–Trinajstić information content (AvgIpc) is 3.39. The highest BCUT2D eigenvalue weighted by Crippen LogP contribution is 2.32. The third-order valence-electron chi connectivity index (χ3n) is 6.11. The summed E-state index contributed by atoms with van der Waals surface area (Å²) in [6, 6.07) is 21.0. The molecule has 0 spiro atoms. The number of hydrogen-bond acceptors (Lipinski definition) is 6. The summed E-state index contributed by atoms with van der Waals surface area (Å²) in [5, 5.41) is 11.7. The zero-order valence-corrected chi connectivity index (χ0v) is 21.3. The van der Waals surface area contributed by atoms with Gasteiger partial charge < -0.3 is 10.4 Å². The Morgan fingerprint density at radius 3 is 2.43 bits per heavy atom. The zero-order chi connectivity index (χ0) is 25.1. The normalized spacial score (nSPS) is 17.7. The Morgan fingerprint density at radius 2 is 1.80 bits per heavy atom. The van der Waals surface area contributed by atoms with E-state index in [0.29, 0.717) is 11.4 Å². The van der Waals surface area contributed by atoms with Gasteiger partial charge in [0.05, 0.1) is 23.2 Å². The summed E-state index contributed by atoms with van der Waals surface area (Å²) in [5.74, 6) is 0.139. The molecule has 1 amide bonds. The van der Waals surface area contributed by atoms with Gasteiger partial charge in [-0.15, -0.1) is 11.8 Å². The second kappa shape index (κ2) is 10.5.